The Labute approximate surface area is 204 Å². The van der Waals surface area contributed by atoms with Crippen LogP contribution in [0.3, 0.4) is 0 Å². The second kappa shape index (κ2) is 9.07. The number of ketones is 1. The fraction of sp³-hybridized carbons (Fsp3) is 0.962. The van der Waals surface area contributed by atoms with Crippen molar-refractivity contribution in [3.8, 4) is 0 Å². The lowest BCUT2D eigenvalue weighted by atomic mass is 9.49. The van der Waals surface area contributed by atoms with Crippen LogP contribution in [0, 0.1) is 40.9 Å². The molecule has 8 unspecified atom stereocenters. The Morgan fingerprint density at radius 3 is 2.35 bits per heavy atom. The molecule has 0 aromatic heterocycles. The first-order chi connectivity index (χ1) is 16.0. The first-order valence-electron chi connectivity index (χ1n) is 13.5. The fourth-order valence-electron chi connectivity index (χ4n) is 9.16. The summed E-state index contributed by atoms with van der Waals surface area (Å²) in [6.45, 7) is 4.42. The molecule has 8 atom stereocenters. The minimum absolute atomic E-state index is 0.0774. The fourth-order valence-corrected chi connectivity index (χ4v) is 9.99. The van der Waals surface area contributed by atoms with Gasteiger partial charge in [0.25, 0.3) is 0 Å². The number of carbonyl (C=O) groups is 1. The Hall–Kier alpha value is -0.570. The van der Waals surface area contributed by atoms with Crippen molar-refractivity contribution in [3.05, 3.63) is 0 Å². The number of halogens is 1. The molecule has 0 aromatic rings. The van der Waals surface area contributed by atoms with Gasteiger partial charge in [0.05, 0.1) is 18.4 Å². The van der Waals surface area contributed by atoms with Crippen molar-refractivity contribution >= 4 is 15.8 Å². The maximum atomic E-state index is 13.5. The zero-order chi connectivity index (χ0) is 24.3. The second-order valence-electron chi connectivity index (χ2n) is 12.6. The number of carbonyl (C=O) groups excluding carboxylic acids is 1. The molecule has 1 N–H and O–H groups in total. The van der Waals surface area contributed by atoms with Crippen LogP contribution in [0.4, 0.5) is 4.39 Å². The summed E-state index contributed by atoms with van der Waals surface area (Å²) in [4.78, 5) is 15.7. The Kier molecular flexibility index (Phi) is 6.69. The molecule has 0 spiro atoms. The molecule has 0 bridgehead atoms. The van der Waals surface area contributed by atoms with E-state index in [1.165, 1.54) is 23.4 Å². The molecule has 8 heteroatoms. The number of nitrogens with zero attached hydrogens (tertiary/aromatic N) is 2. The van der Waals surface area contributed by atoms with Crippen LogP contribution in [-0.4, -0.2) is 79.8 Å². The van der Waals surface area contributed by atoms with Gasteiger partial charge in [-0.05, 0) is 92.8 Å². The van der Waals surface area contributed by atoms with Crippen molar-refractivity contribution in [3.63, 3.8) is 0 Å². The number of fused-ring (bicyclic) bond motifs is 5. The van der Waals surface area contributed by atoms with E-state index in [1.807, 2.05) is 0 Å². The van der Waals surface area contributed by atoms with E-state index >= 15 is 0 Å². The van der Waals surface area contributed by atoms with Crippen LogP contribution < -0.4 is 0 Å². The smallest absolute Gasteiger partial charge is 0.211 e. The molecule has 0 aromatic carbocycles. The standard InChI is InChI=1S/C26H43FN2O4S/c1-25-9-7-20-19-8-10-26(31,17-27)15-18(19)3-4-21(20)22(25)5-6-23(25)24(30)16-28-11-13-29(14-12-28)34(2,32)33/h18-23,31H,3-17H2,1-2H3. The summed E-state index contributed by atoms with van der Waals surface area (Å²) in [6.07, 6.45) is 10.1. The molecule has 6 nitrogen and oxygen atoms in total. The summed E-state index contributed by atoms with van der Waals surface area (Å²) in [6, 6.07) is 0. The third kappa shape index (κ3) is 4.39. The molecular formula is C26H43FN2O4S. The second-order valence-corrected chi connectivity index (χ2v) is 14.6. The largest absolute Gasteiger partial charge is 0.387 e. The van der Waals surface area contributed by atoms with E-state index < -0.39 is 22.3 Å². The molecule has 34 heavy (non-hydrogen) atoms. The predicted octanol–water partition coefficient (Wildman–Crippen LogP) is 3.10. The number of rotatable bonds is 5. The van der Waals surface area contributed by atoms with Crippen LogP contribution in [0.15, 0.2) is 0 Å². The predicted molar refractivity (Wildman–Crippen MR) is 129 cm³/mol. The van der Waals surface area contributed by atoms with Gasteiger partial charge in [0, 0.05) is 32.1 Å². The lowest BCUT2D eigenvalue weighted by Gasteiger charge is -2.57. The molecule has 1 heterocycles. The minimum atomic E-state index is -3.16. The molecule has 4 saturated carbocycles. The molecule has 5 fully saturated rings. The highest BCUT2D eigenvalue weighted by molar-refractivity contribution is 7.88. The molecular weight excluding hydrogens is 455 g/mol. The number of piperazine rings is 1. The van der Waals surface area contributed by atoms with Gasteiger partial charge >= 0.3 is 0 Å². The number of Topliss-reactive ketones (excluding diaryl/α,β-unsaturated/α-hetero) is 1. The normalized spacial score (nSPS) is 45.9. The Morgan fingerprint density at radius 2 is 1.68 bits per heavy atom. The zero-order valence-electron chi connectivity index (χ0n) is 20.9. The van der Waals surface area contributed by atoms with Gasteiger partial charge in [-0.15, -0.1) is 0 Å². The maximum Gasteiger partial charge on any atom is 0.211 e. The third-order valence-corrected chi connectivity index (χ3v) is 12.2. The van der Waals surface area contributed by atoms with E-state index in [2.05, 4.69) is 11.8 Å². The topological polar surface area (TPSA) is 77.9 Å². The molecule has 5 aliphatic rings. The van der Waals surface area contributed by atoms with E-state index in [1.54, 1.807) is 0 Å². The van der Waals surface area contributed by atoms with E-state index in [0.29, 0.717) is 80.9 Å². The molecule has 1 aliphatic heterocycles. The summed E-state index contributed by atoms with van der Waals surface area (Å²) < 4.78 is 38.5. The quantitative estimate of drug-likeness (QED) is 0.630. The van der Waals surface area contributed by atoms with Gasteiger partial charge in [-0.1, -0.05) is 6.92 Å². The van der Waals surface area contributed by atoms with E-state index in [-0.39, 0.29) is 11.3 Å². The van der Waals surface area contributed by atoms with Gasteiger partial charge in [0.15, 0.2) is 0 Å². The number of hydrogen-bond donors (Lipinski definition) is 1. The lowest BCUT2D eigenvalue weighted by molar-refractivity contribution is -0.134. The summed E-state index contributed by atoms with van der Waals surface area (Å²) in [5.74, 6) is 3.51. The van der Waals surface area contributed by atoms with Gasteiger partial charge in [0.1, 0.15) is 12.5 Å². The van der Waals surface area contributed by atoms with Crippen molar-refractivity contribution in [2.45, 2.75) is 70.3 Å². The van der Waals surface area contributed by atoms with Gasteiger partial charge < -0.3 is 5.11 Å². The average molecular weight is 499 g/mol. The monoisotopic (exact) mass is 498 g/mol. The number of alkyl halides is 1. The minimum Gasteiger partial charge on any atom is -0.387 e. The first kappa shape index (κ1) is 25.1. The highest BCUT2D eigenvalue weighted by Crippen LogP contribution is 2.64. The van der Waals surface area contributed by atoms with Crippen molar-refractivity contribution in [1.82, 2.24) is 9.21 Å². The maximum absolute atomic E-state index is 13.5. The van der Waals surface area contributed by atoms with Crippen molar-refractivity contribution in [2.24, 2.45) is 40.9 Å². The Bertz CT molecular complexity index is 891. The number of aliphatic hydroxyl groups is 1. The van der Waals surface area contributed by atoms with Crippen molar-refractivity contribution < 1.29 is 22.7 Å². The summed E-state index contributed by atoms with van der Waals surface area (Å²) in [5.41, 5.74) is -1.01. The first-order valence-corrected chi connectivity index (χ1v) is 15.4. The van der Waals surface area contributed by atoms with E-state index in [9.17, 15) is 22.7 Å². The van der Waals surface area contributed by atoms with Gasteiger partial charge in [-0.3, -0.25) is 9.69 Å². The Balaban J connectivity index is 1.21. The van der Waals surface area contributed by atoms with Crippen LogP contribution >= 0.6 is 0 Å². The lowest BCUT2D eigenvalue weighted by Crippen LogP contribution is -2.53. The molecule has 0 amide bonds. The SMILES string of the molecule is CC12CCC3C4CCC(O)(CF)CC4CCC3C1CCC2C(=O)CN1CCN(S(C)(=O)=O)CC1. The van der Waals surface area contributed by atoms with E-state index in [0.717, 1.165) is 32.1 Å². The van der Waals surface area contributed by atoms with Crippen molar-refractivity contribution in [1.29, 1.82) is 0 Å². The summed E-state index contributed by atoms with van der Waals surface area (Å²) >= 11 is 0. The van der Waals surface area contributed by atoms with Gasteiger partial charge in [-0.2, -0.15) is 4.31 Å². The third-order valence-electron chi connectivity index (χ3n) is 10.9. The highest BCUT2D eigenvalue weighted by atomic mass is 32.2. The highest BCUT2D eigenvalue weighted by Gasteiger charge is 2.59. The summed E-state index contributed by atoms with van der Waals surface area (Å²) in [7, 11) is -3.16. The summed E-state index contributed by atoms with van der Waals surface area (Å²) in [5, 5.41) is 10.5. The van der Waals surface area contributed by atoms with Crippen LogP contribution in [0.5, 0.6) is 0 Å². The average Bonchev–Trinajstić information content (AvgIpc) is 3.16. The van der Waals surface area contributed by atoms with Gasteiger partial charge in [0.2, 0.25) is 10.0 Å². The van der Waals surface area contributed by atoms with E-state index in [4.69, 9.17) is 0 Å². The molecule has 194 valence electrons. The van der Waals surface area contributed by atoms with Crippen LogP contribution in [0.25, 0.3) is 0 Å². The van der Waals surface area contributed by atoms with Crippen LogP contribution in [-0.2, 0) is 14.8 Å². The van der Waals surface area contributed by atoms with Crippen LogP contribution in [0.1, 0.15) is 64.7 Å². The molecule has 4 aliphatic carbocycles. The van der Waals surface area contributed by atoms with Gasteiger partial charge in [-0.25, -0.2) is 12.8 Å². The number of sulfonamides is 1. The van der Waals surface area contributed by atoms with Crippen molar-refractivity contribution in [2.75, 3.05) is 45.7 Å². The number of hydrogen-bond acceptors (Lipinski definition) is 5. The molecule has 0 radical (unpaired) electrons. The van der Waals surface area contributed by atoms with Crippen LogP contribution in [0.2, 0.25) is 0 Å². The molecule has 1 saturated heterocycles. The Morgan fingerprint density at radius 1 is 0.971 bits per heavy atom. The molecule has 5 rings (SSSR count). The zero-order valence-corrected chi connectivity index (χ0v) is 21.7.